The van der Waals surface area contributed by atoms with E-state index in [2.05, 4.69) is 15.4 Å². The maximum atomic E-state index is 12.1. The fourth-order valence-corrected chi connectivity index (χ4v) is 2.90. The van der Waals surface area contributed by atoms with Crippen molar-refractivity contribution in [1.82, 2.24) is 15.4 Å². The lowest BCUT2D eigenvalue weighted by Crippen LogP contribution is -2.14. The van der Waals surface area contributed by atoms with Crippen LogP contribution in [0.3, 0.4) is 0 Å². The lowest BCUT2D eigenvalue weighted by Gasteiger charge is -2.09. The van der Waals surface area contributed by atoms with E-state index in [1.165, 1.54) is 0 Å². The van der Waals surface area contributed by atoms with Crippen molar-refractivity contribution in [2.45, 2.75) is 36.8 Å². The second-order valence-electron chi connectivity index (χ2n) is 4.70. The van der Waals surface area contributed by atoms with Gasteiger partial charge in [-0.15, -0.1) is 0 Å². The average molecular weight is 279 g/mol. The van der Waals surface area contributed by atoms with Gasteiger partial charge in [0.2, 0.25) is 0 Å². The minimum absolute atomic E-state index is 0.389. The normalized spacial score (nSPS) is 11.9. The number of aryl methyl sites for hydroxylation is 2. The van der Waals surface area contributed by atoms with Gasteiger partial charge in [-0.25, -0.2) is 8.42 Å². The van der Waals surface area contributed by atoms with E-state index in [1.807, 2.05) is 6.07 Å². The summed E-state index contributed by atoms with van der Waals surface area (Å²) in [5.74, 6) is 0. The molecule has 0 spiro atoms. The summed E-state index contributed by atoms with van der Waals surface area (Å²) in [6.45, 7) is 3.38. The summed E-state index contributed by atoms with van der Waals surface area (Å²) in [5.41, 5.74) is 1.86. The number of H-pyrrole nitrogens is 1. The van der Waals surface area contributed by atoms with Crippen molar-refractivity contribution in [1.29, 1.82) is 0 Å². The molecule has 0 radical (unpaired) electrons. The highest BCUT2D eigenvalue weighted by molar-refractivity contribution is 7.92. The van der Waals surface area contributed by atoms with E-state index in [9.17, 15) is 8.42 Å². The third-order valence-corrected chi connectivity index (χ3v) is 5.13. The Balaban J connectivity index is 2.16. The first-order valence-electron chi connectivity index (χ1n) is 6.17. The van der Waals surface area contributed by atoms with E-state index in [0.29, 0.717) is 4.90 Å². The third-order valence-electron chi connectivity index (χ3n) is 2.98. The van der Waals surface area contributed by atoms with Crippen molar-refractivity contribution < 1.29 is 8.42 Å². The number of rotatable bonds is 5. The Labute approximate surface area is 113 Å². The van der Waals surface area contributed by atoms with Gasteiger partial charge in [0.1, 0.15) is 0 Å². The number of hydrogen-bond acceptors (Lipinski definition) is 4. The molecule has 5 nitrogen and oxygen atoms in total. The van der Waals surface area contributed by atoms with Crippen molar-refractivity contribution in [3.8, 4) is 0 Å². The van der Waals surface area contributed by atoms with Gasteiger partial charge in [0.15, 0.2) is 9.84 Å². The molecule has 2 aromatic rings. The van der Waals surface area contributed by atoms with E-state index in [1.54, 1.807) is 38.2 Å². The molecule has 1 aromatic heterocycles. The van der Waals surface area contributed by atoms with Gasteiger partial charge < -0.3 is 0 Å². The fraction of sp³-hybridized carbons (Fsp3) is 0.385. The van der Waals surface area contributed by atoms with Gasteiger partial charge in [-0.3, -0.25) is 0 Å². The van der Waals surface area contributed by atoms with E-state index in [0.717, 1.165) is 24.1 Å². The Hall–Kier alpha value is -1.69. The van der Waals surface area contributed by atoms with Crippen LogP contribution < -0.4 is 0 Å². The summed E-state index contributed by atoms with van der Waals surface area (Å²) >= 11 is 0. The summed E-state index contributed by atoms with van der Waals surface area (Å²) in [4.78, 5) is 0.389. The average Bonchev–Trinajstić information content (AvgIpc) is 2.89. The van der Waals surface area contributed by atoms with Gasteiger partial charge in [0.05, 0.1) is 22.0 Å². The van der Waals surface area contributed by atoms with Crippen LogP contribution in [-0.4, -0.2) is 29.1 Å². The molecular weight excluding hydrogens is 262 g/mol. The zero-order valence-corrected chi connectivity index (χ0v) is 11.8. The van der Waals surface area contributed by atoms with E-state index >= 15 is 0 Å². The monoisotopic (exact) mass is 279 g/mol. The third kappa shape index (κ3) is 3.20. The molecule has 1 N–H and O–H groups in total. The Morgan fingerprint density at radius 2 is 2.05 bits per heavy atom. The van der Waals surface area contributed by atoms with Crippen molar-refractivity contribution in [3.05, 3.63) is 41.7 Å². The van der Waals surface area contributed by atoms with Gasteiger partial charge in [-0.2, -0.15) is 15.4 Å². The van der Waals surface area contributed by atoms with Crippen molar-refractivity contribution in [2.75, 3.05) is 0 Å². The molecule has 0 aliphatic heterocycles. The maximum Gasteiger partial charge on any atom is 0.180 e. The first kappa shape index (κ1) is 13.7. The summed E-state index contributed by atoms with van der Waals surface area (Å²) in [6.07, 6.45) is 3.16. The van der Waals surface area contributed by atoms with Crippen LogP contribution in [0.2, 0.25) is 0 Å². The number of benzene rings is 1. The Kier molecular flexibility index (Phi) is 3.99. The largest absolute Gasteiger partial charge is 0.223 e. The number of hydrogen-bond donors (Lipinski definition) is 1. The van der Waals surface area contributed by atoms with Gasteiger partial charge in [-0.1, -0.05) is 12.1 Å². The Morgan fingerprint density at radius 1 is 1.26 bits per heavy atom. The first-order valence-corrected chi connectivity index (χ1v) is 7.72. The van der Waals surface area contributed by atoms with Gasteiger partial charge in [-0.05, 0) is 44.4 Å². The van der Waals surface area contributed by atoms with E-state index in [-0.39, 0.29) is 0 Å². The van der Waals surface area contributed by atoms with Crippen LogP contribution in [0.1, 0.15) is 25.1 Å². The van der Waals surface area contributed by atoms with Crippen molar-refractivity contribution >= 4 is 9.84 Å². The standard InChI is InChI=1S/C13H17N3O2S/c1-10(2)19(17,18)13-5-3-4-11(8-13)6-7-12-9-14-16-15-12/h3-5,8-10H,6-7H2,1-2H3,(H,14,15,16). The number of nitrogens with zero attached hydrogens (tertiary/aromatic N) is 2. The molecular formula is C13H17N3O2S. The first-order chi connectivity index (χ1) is 9.00. The summed E-state index contributed by atoms with van der Waals surface area (Å²) in [6, 6.07) is 7.11. The van der Waals surface area contributed by atoms with Crippen LogP contribution in [0.4, 0.5) is 0 Å². The highest BCUT2D eigenvalue weighted by atomic mass is 32.2. The van der Waals surface area contributed by atoms with Gasteiger partial charge in [0.25, 0.3) is 0 Å². The number of sulfone groups is 1. The van der Waals surface area contributed by atoms with Crippen molar-refractivity contribution in [3.63, 3.8) is 0 Å². The molecule has 0 fully saturated rings. The second-order valence-corrected chi connectivity index (χ2v) is 7.21. The maximum absolute atomic E-state index is 12.1. The topological polar surface area (TPSA) is 75.7 Å². The molecule has 0 unspecified atom stereocenters. The van der Waals surface area contributed by atoms with E-state index < -0.39 is 15.1 Å². The molecule has 19 heavy (non-hydrogen) atoms. The lowest BCUT2D eigenvalue weighted by atomic mass is 10.1. The van der Waals surface area contributed by atoms with E-state index in [4.69, 9.17) is 0 Å². The van der Waals surface area contributed by atoms with Crippen LogP contribution in [0.5, 0.6) is 0 Å². The molecule has 1 heterocycles. The number of nitrogens with one attached hydrogen (secondary N) is 1. The fourth-order valence-electron chi connectivity index (χ4n) is 1.77. The molecule has 0 amide bonds. The molecule has 1 aromatic carbocycles. The molecule has 2 rings (SSSR count). The number of aromatic nitrogens is 3. The van der Waals surface area contributed by atoms with Crippen LogP contribution in [0, 0.1) is 0 Å². The molecule has 102 valence electrons. The van der Waals surface area contributed by atoms with Crippen LogP contribution in [-0.2, 0) is 22.7 Å². The molecule has 0 aliphatic carbocycles. The smallest absolute Gasteiger partial charge is 0.180 e. The summed E-state index contributed by atoms with van der Waals surface area (Å²) in [5, 5.41) is 9.88. The zero-order chi connectivity index (χ0) is 13.9. The van der Waals surface area contributed by atoms with Crippen LogP contribution in [0.25, 0.3) is 0 Å². The summed E-state index contributed by atoms with van der Waals surface area (Å²) < 4.78 is 24.2. The zero-order valence-electron chi connectivity index (χ0n) is 11.0. The van der Waals surface area contributed by atoms with Crippen LogP contribution >= 0.6 is 0 Å². The minimum Gasteiger partial charge on any atom is -0.223 e. The minimum atomic E-state index is -3.21. The van der Waals surface area contributed by atoms with Gasteiger partial charge >= 0.3 is 0 Å². The highest BCUT2D eigenvalue weighted by Crippen LogP contribution is 2.18. The Bertz CT molecular complexity index is 634. The van der Waals surface area contributed by atoms with Crippen molar-refractivity contribution in [2.24, 2.45) is 0 Å². The SMILES string of the molecule is CC(C)S(=O)(=O)c1cccc(CCc2cn[nH]n2)c1. The highest BCUT2D eigenvalue weighted by Gasteiger charge is 2.19. The lowest BCUT2D eigenvalue weighted by molar-refractivity contribution is 0.587. The molecule has 0 saturated carbocycles. The molecule has 0 aliphatic rings. The second kappa shape index (κ2) is 5.52. The summed E-state index contributed by atoms with van der Waals surface area (Å²) in [7, 11) is -3.21. The number of aromatic amines is 1. The predicted octanol–water partition coefficient (Wildman–Crippen LogP) is 1.77. The molecule has 6 heteroatoms. The predicted molar refractivity (Wildman–Crippen MR) is 72.6 cm³/mol. The quantitative estimate of drug-likeness (QED) is 0.905. The van der Waals surface area contributed by atoms with Crippen LogP contribution in [0.15, 0.2) is 35.4 Å². The van der Waals surface area contributed by atoms with Gasteiger partial charge in [0, 0.05) is 0 Å². The molecule has 0 atom stereocenters. The molecule has 0 saturated heterocycles. The molecule has 0 bridgehead atoms. The Morgan fingerprint density at radius 3 is 2.68 bits per heavy atom.